The molecule has 5 atom stereocenters. The Morgan fingerprint density at radius 3 is 2.50 bits per heavy atom. The molecule has 2 aromatic carbocycles. The number of nitrogens with two attached hydrogens (primary N) is 1. The lowest BCUT2D eigenvalue weighted by molar-refractivity contribution is -0.765. The number of nitrogens with zero attached hydrogens (tertiary/aromatic N) is 4. The molecule has 2 amide bonds. The average Bonchev–Trinajstić information content (AvgIpc) is 3.70. The molecule has 2 aromatic heterocycles. The van der Waals surface area contributed by atoms with Gasteiger partial charge in [0.25, 0.3) is 12.1 Å². The van der Waals surface area contributed by atoms with E-state index in [-0.39, 0.29) is 18.1 Å². The number of nitrogens with one attached hydrogen (secondary N) is 1. The Labute approximate surface area is 289 Å². The van der Waals surface area contributed by atoms with E-state index in [9.17, 15) is 29.3 Å². The number of phosphoric ester groups is 1. The molecule has 6 N–H and O–H groups in total. The summed E-state index contributed by atoms with van der Waals surface area (Å²) in [5, 5.41) is 32.0. The number of aryl methyl sites for hydroxylation is 2. The highest BCUT2D eigenvalue weighted by Gasteiger charge is 2.49. The molecule has 16 heteroatoms. The van der Waals surface area contributed by atoms with E-state index in [0.717, 1.165) is 23.1 Å². The summed E-state index contributed by atoms with van der Waals surface area (Å²) < 4.78 is 31.2. The van der Waals surface area contributed by atoms with Gasteiger partial charge in [0.1, 0.15) is 17.8 Å². The summed E-state index contributed by atoms with van der Waals surface area (Å²) in [6.45, 7) is 0.427. The number of primary amides is 1. The number of unbranched alkanes of at least 4 members (excludes halogenated alkanes) is 1. The normalized spacial score (nSPS) is 20.0. The Bertz CT molecular complexity index is 1760. The molecule has 1 fully saturated rings. The molecule has 0 bridgehead atoms. The highest BCUT2D eigenvalue weighted by molar-refractivity contribution is 7.47. The third-order valence-corrected chi connectivity index (χ3v) is 9.13. The summed E-state index contributed by atoms with van der Waals surface area (Å²) in [7, 11) is -4.50. The van der Waals surface area contributed by atoms with Gasteiger partial charge in [-0.15, -0.1) is 5.10 Å². The van der Waals surface area contributed by atoms with Gasteiger partial charge in [-0.05, 0) is 48.4 Å². The first-order valence-corrected chi connectivity index (χ1v) is 17.8. The lowest BCUT2D eigenvalue weighted by Gasteiger charge is -2.16. The molecule has 50 heavy (non-hydrogen) atoms. The Hall–Kier alpha value is -4.34. The Balaban J connectivity index is 0.937. The lowest BCUT2D eigenvalue weighted by Crippen LogP contribution is -2.46. The van der Waals surface area contributed by atoms with Crippen LogP contribution >= 0.6 is 7.82 Å². The second-order valence-corrected chi connectivity index (χ2v) is 13.4. The fourth-order valence-electron chi connectivity index (χ4n) is 5.40. The van der Waals surface area contributed by atoms with Crippen molar-refractivity contribution in [3.8, 4) is 11.1 Å². The number of carbonyl (C=O) groups is 2. The number of aliphatic hydroxyl groups excluding tert-OH is 2. The highest BCUT2D eigenvalue weighted by Crippen LogP contribution is 2.44. The van der Waals surface area contributed by atoms with Gasteiger partial charge in [-0.3, -0.25) is 23.3 Å². The maximum atomic E-state index is 12.4. The van der Waals surface area contributed by atoms with Crippen molar-refractivity contribution in [3.63, 3.8) is 0 Å². The number of benzene rings is 2. The van der Waals surface area contributed by atoms with Crippen molar-refractivity contribution < 1.29 is 47.6 Å². The molecule has 5 rings (SSSR count). The lowest BCUT2D eigenvalue weighted by atomic mass is 10.0. The van der Waals surface area contributed by atoms with Crippen LogP contribution in [0.2, 0.25) is 0 Å². The van der Waals surface area contributed by atoms with Crippen LogP contribution in [0.3, 0.4) is 0 Å². The number of amides is 2. The van der Waals surface area contributed by atoms with Crippen LogP contribution in [0, 0.1) is 0 Å². The molecule has 1 aliphatic rings. The van der Waals surface area contributed by atoms with Gasteiger partial charge in [0.05, 0.1) is 18.9 Å². The zero-order chi connectivity index (χ0) is 35.5. The number of aromatic nitrogens is 4. The molecule has 3 heterocycles. The monoisotopic (exact) mass is 709 g/mol. The standard InChI is InChI=1S/C34H41N6O9P/c35-33(44)27-10-6-17-39(21-27)34-32(43)31(42)29(49-34)23-48-50(45,46)47-19-7-11-28-22-40(38-37-28)18-5-4-12-30(41)36-20-24-13-15-26(16-14-24)25-8-2-1-3-9-25/h1-3,6,8-10,13-17,21-22,29,31-32,34,42-43H,4-5,7,11-12,18-20,23H2,(H3-,35,36,41,44,45,46)/p+1/t29-,31-,32-,34-/m1/s1. The molecular formula is C34H42N6O9P+. The number of hydrogen-bond acceptors (Lipinski definition) is 10. The maximum Gasteiger partial charge on any atom is 0.472 e. The van der Waals surface area contributed by atoms with Crippen LogP contribution in [0.15, 0.2) is 85.3 Å². The van der Waals surface area contributed by atoms with Gasteiger partial charge < -0.3 is 30.9 Å². The van der Waals surface area contributed by atoms with Crippen molar-refractivity contribution in [2.75, 3.05) is 13.2 Å². The molecule has 0 spiro atoms. The van der Waals surface area contributed by atoms with Crippen molar-refractivity contribution >= 4 is 19.6 Å². The molecule has 0 saturated carbocycles. The van der Waals surface area contributed by atoms with Gasteiger partial charge in [0.15, 0.2) is 18.5 Å². The fraction of sp³-hybridized carbons (Fsp3) is 0.382. The van der Waals surface area contributed by atoms with Crippen molar-refractivity contribution in [1.82, 2.24) is 20.3 Å². The van der Waals surface area contributed by atoms with Gasteiger partial charge >= 0.3 is 7.82 Å². The van der Waals surface area contributed by atoms with Gasteiger partial charge in [0, 0.05) is 31.8 Å². The third kappa shape index (κ3) is 10.6. The van der Waals surface area contributed by atoms with Crippen molar-refractivity contribution in [1.29, 1.82) is 0 Å². The van der Waals surface area contributed by atoms with Gasteiger partial charge in [-0.1, -0.05) is 59.8 Å². The summed E-state index contributed by atoms with van der Waals surface area (Å²) in [6, 6.07) is 21.3. The number of hydrogen-bond donors (Lipinski definition) is 5. The van der Waals surface area contributed by atoms with Crippen LogP contribution in [-0.4, -0.2) is 73.4 Å². The second-order valence-electron chi connectivity index (χ2n) is 11.9. The Morgan fingerprint density at radius 2 is 1.74 bits per heavy atom. The zero-order valence-electron chi connectivity index (χ0n) is 27.4. The first-order chi connectivity index (χ1) is 24.1. The minimum atomic E-state index is -4.50. The largest absolute Gasteiger partial charge is 0.472 e. The van der Waals surface area contributed by atoms with Gasteiger partial charge in [-0.25, -0.2) is 4.57 Å². The van der Waals surface area contributed by atoms with E-state index < -0.39 is 44.9 Å². The first-order valence-electron chi connectivity index (χ1n) is 16.3. The Kier molecular flexibility index (Phi) is 13.0. The van der Waals surface area contributed by atoms with Gasteiger partial charge in [0.2, 0.25) is 5.91 Å². The topological polar surface area (TPSA) is 212 Å². The summed E-state index contributed by atoms with van der Waals surface area (Å²) in [5.74, 6) is -0.691. The molecule has 1 saturated heterocycles. The van der Waals surface area contributed by atoms with Crippen molar-refractivity contribution in [3.05, 3.63) is 102 Å². The summed E-state index contributed by atoms with van der Waals surface area (Å²) in [5.41, 5.74) is 9.46. The summed E-state index contributed by atoms with van der Waals surface area (Å²) in [6.07, 6.45) is 2.25. The summed E-state index contributed by atoms with van der Waals surface area (Å²) in [4.78, 5) is 33.9. The van der Waals surface area contributed by atoms with Crippen LogP contribution < -0.4 is 15.6 Å². The quantitative estimate of drug-likeness (QED) is 0.0574. The predicted molar refractivity (Wildman–Crippen MR) is 179 cm³/mol. The minimum absolute atomic E-state index is 0.0124. The smallest absolute Gasteiger partial charge is 0.387 e. The van der Waals surface area contributed by atoms with Crippen LogP contribution in [0.5, 0.6) is 0 Å². The molecule has 0 aliphatic carbocycles. The van der Waals surface area contributed by atoms with E-state index in [4.69, 9.17) is 19.5 Å². The maximum absolute atomic E-state index is 12.4. The number of ether oxygens (including phenoxy) is 1. The van der Waals surface area contributed by atoms with E-state index in [1.54, 1.807) is 10.9 Å². The molecule has 1 unspecified atom stereocenters. The van der Waals surface area contributed by atoms with Gasteiger partial charge in [-0.2, -0.15) is 4.57 Å². The van der Waals surface area contributed by atoms with Crippen LogP contribution in [0.25, 0.3) is 11.1 Å². The molecule has 15 nitrogen and oxygen atoms in total. The van der Waals surface area contributed by atoms with Crippen LogP contribution in [0.1, 0.15) is 53.5 Å². The summed E-state index contributed by atoms with van der Waals surface area (Å²) >= 11 is 0. The minimum Gasteiger partial charge on any atom is -0.387 e. The Morgan fingerprint density at radius 1 is 0.980 bits per heavy atom. The number of aliphatic hydroxyl groups is 2. The third-order valence-electron chi connectivity index (χ3n) is 8.15. The van der Waals surface area contributed by atoms with Crippen molar-refractivity contribution in [2.24, 2.45) is 5.73 Å². The van der Waals surface area contributed by atoms with E-state index in [1.807, 2.05) is 30.3 Å². The van der Waals surface area contributed by atoms with E-state index >= 15 is 0 Å². The van der Waals surface area contributed by atoms with E-state index in [2.05, 4.69) is 39.9 Å². The first kappa shape index (κ1) is 36.9. The number of phosphoric acid groups is 1. The van der Waals surface area contributed by atoms with Crippen molar-refractivity contribution in [2.45, 2.75) is 69.7 Å². The molecular weight excluding hydrogens is 667 g/mol. The van der Waals surface area contributed by atoms with E-state index in [1.165, 1.54) is 29.1 Å². The average molecular weight is 710 g/mol. The SMILES string of the molecule is NC(=O)c1ccc[n+]([C@@H]2O[C@H](COP(=O)(O)OCCCc3cn(CCCCC(=O)NCc4ccc(-c5ccccc5)cc4)nn3)[C@@H](O)[C@H]2O)c1. The molecule has 4 aromatic rings. The molecule has 1 aliphatic heterocycles. The number of pyridine rings is 1. The van der Waals surface area contributed by atoms with Crippen LogP contribution in [-0.2, 0) is 42.7 Å². The fourth-order valence-corrected chi connectivity index (χ4v) is 6.17. The number of rotatable bonds is 18. The van der Waals surface area contributed by atoms with Crippen LogP contribution in [0.4, 0.5) is 0 Å². The molecule has 266 valence electrons. The predicted octanol–water partition coefficient (Wildman–Crippen LogP) is 2.20. The van der Waals surface area contributed by atoms with E-state index in [0.29, 0.717) is 44.5 Å². The second kappa shape index (κ2) is 17.5. The number of carbonyl (C=O) groups excluding carboxylic acids is 2. The zero-order valence-corrected chi connectivity index (χ0v) is 28.3. The highest BCUT2D eigenvalue weighted by atomic mass is 31.2. The molecule has 0 radical (unpaired) electrons.